The first kappa shape index (κ1) is 14.3. The zero-order valence-electron chi connectivity index (χ0n) is 12.3. The first-order valence-electron chi connectivity index (χ1n) is 6.91. The molecule has 2 rings (SSSR count). The van der Waals surface area contributed by atoms with Gasteiger partial charge >= 0.3 is 0 Å². The van der Waals surface area contributed by atoms with Gasteiger partial charge in [-0.25, -0.2) is 4.98 Å². The molecule has 0 radical (unpaired) electrons. The van der Waals surface area contributed by atoms with Crippen molar-refractivity contribution in [2.24, 2.45) is 7.05 Å². The van der Waals surface area contributed by atoms with E-state index in [2.05, 4.69) is 30.2 Å². The van der Waals surface area contributed by atoms with Crippen LogP contribution in [0, 0.1) is 0 Å². The van der Waals surface area contributed by atoms with Crippen LogP contribution in [0.4, 0.5) is 0 Å². The SMILES string of the molecule is CC(C)c1cccc(C(=O)NCCc2cncn2C)c1. The maximum atomic E-state index is 12.1. The highest BCUT2D eigenvalue weighted by Gasteiger charge is 2.07. The van der Waals surface area contributed by atoms with E-state index < -0.39 is 0 Å². The minimum atomic E-state index is -0.0188. The number of benzene rings is 1. The van der Waals surface area contributed by atoms with Crippen LogP contribution in [0.25, 0.3) is 0 Å². The lowest BCUT2D eigenvalue weighted by molar-refractivity contribution is 0.0954. The van der Waals surface area contributed by atoms with Gasteiger partial charge in [0.1, 0.15) is 0 Å². The van der Waals surface area contributed by atoms with Gasteiger partial charge in [-0.3, -0.25) is 4.79 Å². The summed E-state index contributed by atoms with van der Waals surface area (Å²) in [6.07, 6.45) is 4.38. The Morgan fingerprint density at radius 1 is 1.40 bits per heavy atom. The first-order chi connectivity index (χ1) is 9.58. The summed E-state index contributed by atoms with van der Waals surface area (Å²) in [5.41, 5.74) is 3.02. The van der Waals surface area contributed by atoms with Crippen LogP contribution in [0.3, 0.4) is 0 Å². The van der Waals surface area contributed by atoms with E-state index in [0.29, 0.717) is 12.5 Å². The van der Waals surface area contributed by atoms with E-state index in [1.165, 1.54) is 5.56 Å². The third-order valence-electron chi connectivity index (χ3n) is 3.40. The van der Waals surface area contributed by atoms with Crippen LogP contribution in [0.15, 0.2) is 36.8 Å². The van der Waals surface area contributed by atoms with Crippen molar-refractivity contribution in [2.45, 2.75) is 26.2 Å². The number of carbonyl (C=O) groups is 1. The zero-order chi connectivity index (χ0) is 14.5. The number of hydrogen-bond acceptors (Lipinski definition) is 2. The van der Waals surface area contributed by atoms with Gasteiger partial charge in [-0.1, -0.05) is 26.0 Å². The smallest absolute Gasteiger partial charge is 0.251 e. The van der Waals surface area contributed by atoms with Gasteiger partial charge in [0.2, 0.25) is 0 Å². The van der Waals surface area contributed by atoms with Gasteiger partial charge in [0.15, 0.2) is 0 Å². The Morgan fingerprint density at radius 3 is 2.85 bits per heavy atom. The van der Waals surface area contributed by atoms with E-state index in [4.69, 9.17) is 0 Å². The molecule has 1 heterocycles. The molecule has 0 saturated carbocycles. The summed E-state index contributed by atoms with van der Waals surface area (Å²) in [4.78, 5) is 16.2. The molecule has 0 aliphatic carbocycles. The Balaban J connectivity index is 1.92. The minimum Gasteiger partial charge on any atom is -0.352 e. The molecular weight excluding hydrogens is 250 g/mol. The summed E-state index contributed by atoms with van der Waals surface area (Å²) in [5, 5.41) is 2.95. The molecule has 0 bridgehead atoms. The average Bonchev–Trinajstić information content (AvgIpc) is 2.84. The summed E-state index contributed by atoms with van der Waals surface area (Å²) in [6, 6.07) is 7.80. The van der Waals surface area contributed by atoms with E-state index in [1.807, 2.05) is 36.0 Å². The molecular formula is C16H21N3O. The van der Waals surface area contributed by atoms with Gasteiger partial charge in [0, 0.05) is 37.5 Å². The molecule has 0 unspecified atom stereocenters. The minimum absolute atomic E-state index is 0.0188. The number of nitrogens with zero attached hydrogens (tertiary/aromatic N) is 2. The predicted octanol–water partition coefficient (Wildman–Crippen LogP) is 2.52. The van der Waals surface area contributed by atoms with Gasteiger partial charge in [0.25, 0.3) is 5.91 Å². The molecule has 4 nitrogen and oxygen atoms in total. The van der Waals surface area contributed by atoms with Gasteiger partial charge in [-0.15, -0.1) is 0 Å². The highest BCUT2D eigenvalue weighted by molar-refractivity contribution is 5.94. The first-order valence-corrected chi connectivity index (χ1v) is 6.91. The quantitative estimate of drug-likeness (QED) is 0.908. The predicted molar refractivity (Wildman–Crippen MR) is 79.8 cm³/mol. The molecule has 1 aromatic carbocycles. The van der Waals surface area contributed by atoms with Crippen molar-refractivity contribution in [3.05, 3.63) is 53.6 Å². The highest BCUT2D eigenvalue weighted by Crippen LogP contribution is 2.15. The third kappa shape index (κ3) is 3.47. The lowest BCUT2D eigenvalue weighted by atomic mass is 10.0. The molecule has 0 fully saturated rings. The summed E-state index contributed by atoms with van der Waals surface area (Å²) in [5.74, 6) is 0.409. The fourth-order valence-electron chi connectivity index (χ4n) is 2.07. The number of hydrogen-bond donors (Lipinski definition) is 1. The Kier molecular flexibility index (Phi) is 4.56. The van der Waals surface area contributed by atoms with Gasteiger partial charge in [-0.2, -0.15) is 0 Å². The van der Waals surface area contributed by atoms with Gasteiger partial charge < -0.3 is 9.88 Å². The Bertz CT molecular complexity index is 587. The van der Waals surface area contributed by atoms with E-state index >= 15 is 0 Å². The Labute approximate surface area is 119 Å². The Morgan fingerprint density at radius 2 is 2.20 bits per heavy atom. The normalized spacial score (nSPS) is 10.8. The van der Waals surface area contributed by atoms with Crippen molar-refractivity contribution in [3.63, 3.8) is 0 Å². The summed E-state index contributed by atoms with van der Waals surface area (Å²) < 4.78 is 1.96. The second-order valence-corrected chi connectivity index (χ2v) is 5.28. The van der Waals surface area contributed by atoms with Crippen LogP contribution < -0.4 is 5.32 Å². The van der Waals surface area contributed by atoms with Crippen molar-refractivity contribution < 1.29 is 4.79 Å². The van der Waals surface area contributed by atoms with Crippen LogP contribution in [-0.4, -0.2) is 22.0 Å². The zero-order valence-corrected chi connectivity index (χ0v) is 12.3. The van der Waals surface area contributed by atoms with Gasteiger partial charge in [-0.05, 0) is 23.6 Å². The van der Waals surface area contributed by atoms with E-state index in [9.17, 15) is 4.79 Å². The van der Waals surface area contributed by atoms with Crippen molar-refractivity contribution in [3.8, 4) is 0 Å². The summed E-state index contributed by atoms with van der Waals surface area (Å²) >= 11 is 0. The summed E-state index contributed by atoms with van der Waals surface area (Å²) in [7, 11) is 1.95. The highest BCUT2D eigenvalue weighted by atomic mass is 16.1. The van der Waals surface area contributed by atoms with E-state index in [1.54, 1.807) is 6.33 Å². The molecule has 106 valence electrons. The molecule has 0 aliphatic rings. The second-order valence-electron chi connectivity index (χ2n) is 5.28. The van der Waals surface area contributed by atoms with Crippen LogP contribution in [-0.2, 0) is 13.5 Å². The van der Waals surface area contributed by atoms with Gasteiger partial charge in [0.05, 0.1) is 6.33 Å². The maximum Gasteiger partial charge on any atom is 0.251 e. The summed E-state index contributed by atoms with van der Waals surface area (Å²) in [6.45, 7) is 4.86. The van der Waals surface area contributed by atoms with Crippen LogP contribution in [0.1, 0.15) is 41.4 Å². The molecule has 1 amide bonds. The van der Waals surface area contributed by atoms with Crippen LogP contribution in [0.2, 0.25) is 0 Å². The lowest BCUT2D eigenvalue weighted by Crippen LogP contribution is -2.26. The molecule has 0 atom stereocenters. The molecule has 1 N–H and O–H groups in total. The fraction of sp³-hybridized carbons (Fsp3) is 0.375. The number of rotatable bonds is 5. The number of nitrogens with one attached hydrogen (secondary N) is 1. The number of aryl methyl sites for hydroxylation is 1. The Hall–Kier alpha value is -2.10. The number of amides is 1. The number of imidazole rings is 1. The molecule has 20 heavy (non-hydrogen) atoms. The van der Waals surface area contributed by atoms with E-state index in [-0.39, 0.29) is 5.91 Å². The lowest BCUT2D eigenvalue weighted by Gasteiger charge is -2.09. The molecule has 4 heteroatoms. The molecule has 0 spiro atoms. The molecule has 0 aliphatic heterocycles. The van der Waals surface area contributed by atoms with Crippen LogP contribution in [0.5, 0.6) is 0 Å². The molecule has 0 saturated heterocycles. The number of carbonyl (C=O) groups excluding carboxylic acids is 1. The third-order valence-corrected chi connectivity index (χ3v) is 3.40. The fourth-order valence-corrected chi connectivity index (χ4v) is 2.07. The van der Waals surface area contributed by atoms with Crippen molar-refractivity contribution >= 4 is 5.91 Å². The standard InChI is InChI=1S/C16H21N3O/c1-12(2)13-5-4-6-14(9-13)16(20)18-8-7-15-10-17-11-19(15)3/h4-6,9-12H,7-8H2,1-3H3,(H,18,20). The topological polar surface area (TPSA) is 46.9 Å². The number of aromatic nitrogens is 2. The van der Waals surface area contributed by atoms with Crippen molar-refractivity contribution in [1.29, 1.82) is 0 Å². The average molecular weight is 271 g/mol. The molecule has 2 aromatic rings. The van der Waals surface area contributed by atoms with Crippen molar-refractivity contribution in [2.75, 3.05) is 6.54 Å². The largest absolute Gasteiger partial charge is 0.352 e. The monoisotopic (exact) mass is 271 g/mol. The van der Waals surface area contributed by atoms with Crippen LogP contribution >= 0.6 is 0 Å². The molecule has 1 aromatic heterocycles. The maximum absolute atomic E-state index is 12.1. The second kappa shape index (κ2) is 6.37. The van der Waals surface area contributed by atoms with E-state index in [0.717, 1.165) is 17.7 Å². The van der Waals surface area contributed by atoms with Crippen molar-refractivity contribution in [1.82, 2.24) is 14.9 Å².